The van der Waals surface area contributed by atoms with Gasteiger partial charge in [0.05, 0.1) is 10.9 Å². The van der Waals surface area contributed by atoms with Crippen molar-refractivity contribution in [3.8, 4) is 5.75 Å². The summed E-state index contributed by atoms with van der Waals surface area (Å²) in [5, 5.41) is 3.00. The van der Waals surface area contributed by atoms with Crippen LogP contribution in [0.5, 0.6) is 5.75 Å². The quantitative estimate of drug-likeness (QED) is 0.373. The minimum atomic E-state index is -0.620. The molecule has 186 valence electrons. The number of hydrogen-bond donors (Lipinski definition) is 2. The average Bonchev–Trinajstić information content (AvgIpc) is 2.88. The number of carbonyl (C=O) groups excluding carboxylic acids is 1. The number of rotatable bonds is 9. The standard InChI is InChI=1S/C27H29N5O4/c1-4-12-32-24-23(26(34)31-27(32)35)21(13-22(30-24)17(2)3)25(33)29-15-18-7-9-20(10-8-18)36-16-19-6-5-11-28-14-19/h5-11,13-14,17H,4,12,15-16H2,1-3H3,(H,29,33)(H,31,34,35). The molecular formula is C27H29N5O4. The summed E-state index contributed by atoms with van der Waals surface area (Å²) >= 11 is 0. The Hall–Kier alpha value is -4.27. The number of H-pyrrole nitrogens is 1. The fourth-order valence-electron chi connectivity index (χ4n) is 3.83. The predicted molar refractivity (Wildman–Crippen MR) is 137 cm³/mol. The van der Waals surface area contributed by atoms with Gasteiger partial charge in [-0.2, -0.15) is 0 Å². The summed E-state index contributed by atoms with van der Waals surface area (Å²) in [4.78, 5) is 49.4. The zero-order valence-corrected chi connectivity index (χ0v) is 20.6. The Bertz CT molecular complexity index is 1470. The second-order valence-corrected chi connectivity index (χ2v) is 8.84. The number of fused-ring (bicyclic) bond motifs is 1. The van der Waals surface area contributed by atoms with Crippen molar-refractivity contribution < 1.29 is 9.53 Å². The molecule has 0 unspecified atom stereocenters. The van der Waals surface area contributed by atoms with Gasteiger partial charge in [-0.3, -0.25) is 24.1 Å². The SMILES string of the molecule is CCCn1c(=O)[nH]c(=O)c2c(C(=O)NCc3ccc(OCc4cccnc4)cc3)cc(C(C)C)nc21. The topological polar surface area (TPSA) is 119 Å². The van der Waals surface area contributed by atoms with Crippen LogP contribution in [0.1, 0.15) is 60.3 Å². The number of carbonyl (C=O) groups is 1. The van der Waals surface area contributed by atoms with Gasteiger partial charge in [-0.25, -0.2) is 9.78 Å². The first-order valence-corrected chi connectivity index (χ1v) is 11.9. The van der Waals surface area contributed by atoms with E-state index in [-0.39, 0.29) is 29.1 Å². The van der Waals surface area contributed by atoms with Crippen molar-refractivity contribution >= 4 is 16.9 Å². The molecule has 9 nitrogen and oxygen atoms in total. The molecule has 1 aromatic carbocycles. The Morgan fingerprint density at radius 2 is 1.92 bits per heavy atom. The summed E-state index contributed by atoms with van der Waals surface area (Å²) in [5.74, 6) is 0.300. The third-order valence-corrected chi connectivity index (χ3v) is 5.76. The summed E-state index contributed by atoms with van der Waals surface area (Å²) < 4.78 is 7.20. The Morgan fingerprint density at radius 3 is 2.58 bits per heavy atom. The normalized spacial score (nSPS) is 11.1. The number of amides is 1. The van der Waals surface area contributed by atoms with Crippen LogP contribution >= 0.6 is 0 Å². The number of nitrogens with zero attached hydrogens (tertiary/aromatic N) is 3. The molecule has 0 fully saturated rings. The molecule has 3 heterocycles. The van der Waals surface area contributed by atoms with E-state index >= 15 is 0 Å². The van der Waals surface area contributed by atoms with Gasteiger partial charge in [-0.15, -0.1) is 0 Å². The van der Waals surface area contributed by atoms with Crippen molar-refractivity contribution in [1.29, 1.82) is 0 Å². The van der Waals surface area contributed by atoms with Gasteiger partial charge in [0, 0.05) is 36.7 Å². The molecule has 9 heteroatoms. The minimum absolute atomic E-state index is 0.00429. The van der Waals surface area contributed by atoms with Crippen LogP contribution in [0.3, 0.4) is 0 Å². The van der Waals surface area contributed by atoms with Crippen molar-refractivity contribution in [3.05, 3.63) is 98.1 Å². The summed E-state index contributed by atoms with van der Waals surface area (Å²) in [5.41, 5.74) is 1.76. The molecule has 0 bridgehead atoms. The van der Waals surface area contributed by atoms with Gasteiger partial charge < -0.3 is 10.1 Å². The zero-order valence-electron chi connectivity index (χ0n) is 20.6. The summed E-state index contributed by atoms with van der Waals surface area (Å²) in [6.07, 6.45) is 4.15. The molecule has 36 heavy (non-hydrogen) atoms. The Balaban J connectivity index is 1.55. The molecule has 0 atom stereocenters. The number of pyridine rings is 2. The maximum atomic E-state index is 13.2. The molecule has 0 radical (unpaired) electrons. The number of ether oxygens (including phenoxy) is 1. The number of aromatic nitrogens is 4. The smallest absolute Gasteiger partial charge is 0.329 e. The van der Waals surface area contributed by atoms with E-state index in [4.69, 9.17) is 4.74 Å². The molecule has 0 spiro atoms. The lowest BCUT2D eigenvalue weighted by molar-refractivity contribution is 0.0952. The van der Waals surface area contributed by atoms with Gasteiger partial charge in [0.2, 0.25) is 0 Å². The fourth-order valence-corrected chi connectivity index (χ4v) is 3.83. The molecule has 3 aromatic heterocycles. The van der Waals surface area contributed by atoms with Crippen molar-refractivity contribution in [1.82, 2.24) is 24.8 Å². The van der Waals surface area contributed by atoms with Gasteiger partial charge in [0.1, 0.15) is 12.4 Å². The largest absolute Gasteiger partial charge is 0.489 e. The molecule has 0 aliphatic rings. The van der Waals surface area contributed by atoms with Crippen LogP contribution in [0.4, 0.5) is 0 Å². The van der Waals surface area contributed by atoms with Gasteiger partial charge in [0.25, 0.3) is 11.5 Å². The second kappa shape index (κ2) is 11.0. The van der Waals surface area contributed by atoms with Crippen LogP contribution < -0.4 is 21.3 Å². The lowest BCUT2D eigenvalue weighted by Crippen LogP contribution is -2.33. The van der Waals surface area contributed by atoms with E-state index in [0.717, 1.165) is 11.1 Å². The van der Waals surface area contributed by atoms with Crippen LogP contribution in [-0.4, -0.2) is 25.4 Å². The molecule has 2 N–H and O–H groups in total. The van der Waals surface area contributed by atoms with E-state index in [0.29, 0.717) is 31.0 Å². The van der Waals surface area contributed by atoms with Gasteiger partial charge >= 0.3 is 5.69 Å². The lowest BCUT2D eigenvalue weighted by Gasteiger charge is -2.14. The van der Waals surface area contributed by atoms with Gasteiger partial charge in [-0.1, -0.05) is 39.0 Å². The Morgan fingerprint density at radius 1 is 1.14 bits per heavy atom. The molecular weight excluding hydrogens is 458 g/mol. The van der Waals surface area contributed by atoms with Crippen molar-refractivity contribution in [2.24, 2.45) is 0 Å². The molecule has 0 aliphatic heterocycles. The number of nitrogens with one attached hydrogen (secondary N) is 2. The maximum Gasteiger partial charge on any atom is 0.329 e. The fraction of sp³-hybridized carbons (Fsp3) is 0.296. The summed E-state index contributed by atoms with van der Waals surface area (Å²) in [6, 6.07) is 12.8. The summed E-state index contributed by atoms with van der Waals surface area (Å²) in [7, 11) is 0. The molecule has 0 aliphatic carbocycles. The lowest BCUT2D eigenvalue weighted by atomic mass is 10.0. The zero-order chi connectivity index (χ0) is 25.7. The van der Waals surface area contributed by atoms with Gasteiger partial charge in [-0.05, 0) is 42.2 Å². The van der Waals surface area contributed by atoms with Crippen LogP contribution in [0.25, 0.3) is 11.0 Å². The number of benzene rings is 1. The highest BCUT2D eigenvalue weighted by Gasteiger charge is 2.20. The van der Waals surface area contributed by atoms with E-state index in [2.05, 4.69) is 20.3 Å². The van der Waals surface area contributed by atoms with Crippen LogP contribution in [0.15, 0.2) is 64.4 Å². The third kappa shape index (κ3) is 5.51. The molecule has 4 aromatic rings. The predicted octanol–water partition coefficient (Wildman–Crippen LogP) is 3.52. The first-order valence-electron chi connectivity index (χ1n) is 11.9. The van der Waals surface area contributed by atoms with Crippen LogP contribution in [0, 0.1) is 0 Å². The maximum absolute atomic E-state index is 13.2. The summed E-state index contributed by atoms with van der Waals surface area (Å²) in [6.45, 7) is 6.88. The minimum Gasteiger partial charge on any atom is -0.489 e. The molecule has 0 saturated carbocycles. The highest BCUT2D eigenvalue weighted by atomic mass is 16.5. The van der Waals surface area contributed by atoms with Crippen molar-refractivity contribution in [2.75, 3.05) is 0 Å². The number of hydrogen-bond acceptors (Lipinski definition) is 6. The monoisotopic (exact) mass is 487 g/mol. The Labute approximate surface area is 208 Å². The number of aromatic amines is 1. The average molecular weight is 488 g/mol. The van der Waals surface area contributed by atoms with E-state index in [1.54, 1.807) is 18.5 Å². The molecule has 4 rings (SSSR count). The highest BCUT2D eigenvalue weighted by molar-refractivity contribution is 6.05. The van der Waals surface area contributed by atoms with Crippen LogP contribution in [0.2, 0.25) is 0 Å². The van der Waals surface area contributed by atoms with Crippen molar-refractivity contribution in [2.45, 2.75) is 52.8 Å². The molecule has 0 saturated heterocycles. The van der Waals surface area contributed by atoms with Crippen LogP contribution in [-0.2, 0) is 19.7 Å². The highest BCUT2D eigenvalue weighted by Crippen LogP contribution is 2.20. The van der Waals surface area contributed by atoms with E-state index in [1.165, 1.54) is 4.57 Å². The first-order chi connectivity index (χ1) is 17.4. The Kier molecular flexibility index (Phi) is 7.58. The van der Waals surface area contributed by atoms with E-state index < -0.39 is 17.2 Å². The number of aryl methyl sites for hydroxylation is 1. The van der Waals surface area contributed by atoms with E-state index in [1.807, 2.05) is 57.2 Å². The molecule has 1 amide bonds. The van der Waals surface area contributed by atoms with Crippen molar-refractivity contribution in [3.63, 3.8) is 0 Å². The van der Waals surface area contributed by atoms with E-state index in [9.17, 15) is 14.4 Å². The first kappa shape index (κ1) is 24.8. The van der Waals surface area contributed by atoms with Gasteiger partial charge in [0.15, 0.2) is 5.65 Å². The third-order valence-electron chi connectivity index (χ3n) is 5.76. The second-order valence-electron chi connectivity index (χ2n) is 8.84.